The van der Waals surface area contributed by atoms with Crippen LogP contribution in [0.15, 0.2) is 33.4 Å². The van der Waals surface area contributed by atoms with Gasteiger partial charge in [-0.2, -0.15) is 0 Å². The number of carbonyl (C=O) groups is 1. The fraction of sp³-hybridized carbons (Fsp3) is 0.154. The lowest BCUT2D eigenvalue weighted by Crippen LogP contribution is -2.26. The highest BCUT2D eigenvalue weighted by atomic mass is 79.9. The molecule has 0 aliphatic carbocycles. The topological polar surface area (TPSA) is 63.5 Å². The number of amides is 1. The van der Waals surface area contributed by atoms with E-state index in [0.29, 0.717) is 12.1 Å². The summed E-state index contributed by atoms with van der Waals surface area (Å²) >= 11 is 10.7. The molecule has 0 N–H and O–H groups in total. The summed E-state index contributed by atoms with van der Waals surface area (Å²) in [5.41, 5.74) is 1.12. The molecule has 0 aliphatic rings. The maximum Gasteiger partial charge on any atom is 0.287 e. The van der Waals surface area contributed by atoms with Crippen molar-refractivity contribution in [2.24, 2.45) is 0 Å². The summed E-state index contributed by atoms with van der Waals surface area (Å²) in [6.45, 7) is 0.454. The van der Waals surface area contributed by atoms with Crippen LogP contribution in [-0.2, 0) is 6.54 Å². The van der Waals surface area contributed by atoms with E-state index < -0.39 is 4.92 Å². The predicted octanol–water partition coefficient (Wildman–Crippen LogP) is 4.34. The Kier molecular flexibility index (Phi) is 4.97. The molecule has 1 aromatic heterocycles. The minimum atomic E-state index is -0.580. The molecule has 0 aliphatic heterocycles. The van der Waals surface area contributed by atoms with Crippen molar-refractivity contribution >= 4 is 50.5 Å². The molecule has 0 spiro atoms. The van der Waals surface area contributed by atoms with Gasteiger partial charge in [0.1, 0.15) is 5.02 Å². The third kappa shape index (κ3) is 3.81. The third-order valence-corrected chi connectivity index (χ3v) is 4.64. The van der Waals surface area contributed by atoms with Crippen molar-refractivity contribution in [1.29, 1.82) is 0 Å². The quantitative estimate of drug-likeness (QED) is 0.577. The summed E-state index contributed by atoms with van der Waals surface area (Å²) in [5.74, 6) is -0.242. The molecule has 110 valence electrons. The number of benzene rings is 1. The number of nitrogens with zero attached hydrogens (tertiary/aromatic N) is 2. The van der Waals surface area contributed by atoms with Crippen LogP contribution in [0.3, 0.4) is 0 Å². The zero-order valence-electron chi connectivity index (χ0n) is 10.9. The van der Waals surface area contributed by atoms with Gasteiger partial charge in [-0.25, -0.2) is 0 Å². The van der Waals surface area contributed by atoms with E-state index in [1.165, 1.54) is 23.1 Å². The number of hydrogen-bond donors (Lipinski definition) is 0. The van der Waals surface area contributed by atoms with Crippen LogP contribution in [0, 0.1) is 10.1 Å². The Labute approximate surface area is 138 Å². The van der Waals surface area contributed by atoms with Crippen molar-refractivity contribution < 1.29 is 9.72 Å². The average molecular weight is 390 g/mol. The smallest absolute Gasteiger partial charge is 0.287 e. The second-order valence-corrected chi connectivity index (χ2v) is 7.04. The molecule has 1 amide bonds. The summed E-state index contributed by atoms with van der Waals surface area (Å²) in [6.07, 6.45) is 0. The fourth-order valence-electron chi connectivity index (χ4n) is 1.78. The number of halogens is 2. The van der Waals surface area contributed by atoms with Crippen LogP contribution in [0.1, 0.15) is 15.9 Å². The summed E-state index contributed by atoms with van der Waals surface area (Å²) in [4.78, 5) is 23.9. The number of carbonyl (C=O) groups excluding carboxylic acids is 1. The first-order chi connectivity index (χ1) is 9.88. The monoisotopic (exact) mass is 388 g/mol. The van der Waals surface area contributed by atoms with Crippen molar-refractivity contribution in [2.45, 2.75) is 6.54 Å². The van der Waals surface area contributed by atoms with Crippen LogP contribution in [0.2, 0.25) is 5.02 Å². The van der Waals surface area contributed by atoms with Crippen LogP contribution >= 0.6 is 38.9 Å². The highest BCUT2D eigenvalue weighted by molar-refractivity contribution is 9.11. The maximum absolute atomic E-state index is 12.3. The number of nitro groups is 1. The molecular formula is C13H10BrClN2O3S. The van der Waals surface area contributed by atoms with Gasteiger partial charge in [0, 0.05) is 25.2 Å². The minimum absolute atomic E-state index is 0.0440. The molecule has 0 saturated heterocycles. The summed E-state index contributed by atoms with van der Waals surface area (Å²) < 4.78 is 0.997. The van der Waals surface area contributed by atoms with Crippen molar-refractivity contribution in [3.8, 4) is 0 Å². The zero-order chi connectivity index (χ0) is 15.6. The molecule has 1 heterocycles. The van der Waals surface area contributed by atoms with Gasteiger partial charge < -0.3 is 4.90 Å². The molecule has 2 aromatic rings. The molecule has 0 saturated carbocycles. The molecule has 0 bridgehead atoms. The molecule has 0 atom stereocenters. The van der Waals surface area contributed by atoms with Gasteiger partial charge in [0.2, 0.25) is 0 Å². The molecule has 0 unspecified atom stereocenters. The molecule has 0 fully saturated rings. The van der Waals surface area contributed by atoms with Gasteiger partial charge in [-0.3, -0.25) is 14.9 Å². The van der Waals surface area contributed by atoms with E-state index in [0.717, 1.165) is 9.35 Å². The van der Waals surface area contributed by atoms with E-state index in [1.807, 2.05) is 11.4 Å². The van der Waals surface area contributed by atoms with Gasteiger partial charge in [-0.05, 0) is 45.1 Å². The van der Waals surface area contributed by atoms with E-state index in [9.17, 15) is 14.9 Å². The maximum atomic E-state index is 12.3. The van der Waals surface area contributed by atoms with Crippen LogP contribution in [-0.4, -0.2) is 22.8 Å². The van der Waals surface area contributed by atoms with E-state index in [1.54, 1.807) is 18.4 Å². The van der Waals surface area contributed by atoms with Crippen LogP contribution in [0.4, 0.5) is 5.69 Å². The van der Waals surface area contributed by atoms with Crippen LogP contribution in [0.5, 0.6) is 0 Å². The molecule has 0 radical (unpaired) electrons. The Morgan fingerprint density at radius 3 is 2.71 bits per heavy atom. The largest absolute Gasteiger partial charge is 0.337 e. The van der Waals surface area contributed by atoms with Gasteiger partial charge in [0.15, 0.2) is 0 Å². The van der Waals surface area contributed by atoms with Crippen molar-refractivity contribution in [2.75, 3.05) is 7.05 Å². The zero-order valence-corrected chi connectivity index (χ0v) is 14.0. The molecule has 21 heavy (non-hydrogen) atoms. The number of nitro benzene ring substituents is 1. The first kappa shape index (κ1) is 15.9. The summed E-state index contributed by atoms with van der Waals surface area (Å²) in [6, 6.07) is 5.91. The van der Waals surface area contributed by atoms with Gasteiger partial charge in [-0.1, -0.05) is 11.6 Å². The Balaban J connectivity index is 2.15. The molecule has 5 nitrogen and oxygen atoms in total. The first-order valence-corrected chi connectivity index (χ1v) is 7.86. The molecule has 2 rings (SSSR count). The minimum Gasteiger partial charge on any atom is -0.337 e. The highest BCUT2D eigenvalue weighted by Crippen LogP contribution is 2.26. The van der Waals surface area contributed by atoms with Crippen molar-refractivity contribution in [1.82, 2.24) is 4.90 Å². The molecular weight excluding hydrogens is 380 g/mol. The van der Waals surface area contributed by atoms with Gasteiger partial charge in [0.05, 0.1) is 8.71 Å². The first-order valence-electron chi connectivity index (χ1n) is 5.81. The second-order valence-electron chi connectivity index (χ2n) is 4.34. The summed E-state index contributed by atoms with van der Waals surface area (Å²) in [5, 5.41) is 12.6. The Morgan fingerprint density at radius 2 is 2.19 bits per heavy atom. The van der Waals surface area contributed by atoms with Crippen molar-refractivity contribution in [3.05, 3.63) is 59.7 Å². The van der Waals surface area contributed by atoms with Gasteiger partial charge in [-0.15, -0.1) is 11.3 Å². The number of hydrogen-bond acceptors (Lipinski definition) is 4. The van der Waals surface area contributed by atoms with E-state index >= 15 is 0 Å². The number of rotatable bonds is 4. The standard InChI is InChI=1S/C13H10BrClN2O3S/c1-16(6-8-4-12(14)21-7-8)13(18)9-2-3-11(17(19)20)10(15)5-9/h2-5,7H,6H2,1H3. The van der Waals surface area contributed by atoms with E-state index in [4.69, 9.17) is 11.6 Å². The Hall–Kier alpha value is -1.44. The molecule has 8 heteroatoms. The lowest BCUT2D eigenvalue weighted by Gasteiger charge is -2.16. The van der Waals surface area contributed by atoms with Crippen LogP contribution in [0.25, 0.3) is 0 Å². The average Bonchev–Trinajstić information content (AvgIpc) is 2.82. The second kappa shape index (κ2) is 6.55. The fourth-order valence-corrected chi connectivity index (χ4v) is 3.23. The lowest BCUT2D eigenvalue weighted by atomic mass is 10.1. The van der Waals surface area contributed by atoms with E-state index in [2.05, 4.69) is 15.9 Å². The summed E-state index contributed by atoms with van der Waals surface area (Å²) in [7, 11) is 1.67. The number of thiophene rings is 1. The van der Waals surface area contributed by atoms with Crippen molar-refractivity contribution in [3.63, 3.8) is 0 Å². The van der Waals surface area contributed by atoms with Crippen LogP contribution < -0.4 is 0 Å². The van der Waals surface area contributed by atoms with E-state index in [-0.39, 0.29) is 16.6 Å². The highest BCUT2D eigenvalue weighted by Gasteiger charge is 2.18. The molecule has 1 aromatic carbocycles. The third-order valence-electron chi connectivity index (χ3n) is 2.78. The normalized spacial score (nSPS) is 10.4. The SMILES string of the molecule is CN(Cc1csc(Br)c1)C(=O)c1ccc([N+](=O)[O-])c(Cl)c1. The lowest BCUT2D eigenvalue weighted by molar-refractivity contribution is -0.384. The van der Waals surface area contributed by atoms with Gasteiger partial charge >= 0.3 is 0 Å². The Bertz CT molecular complexity index is 704. The van der Waals surface area contributed by atoms with Gasteiger partial charge in [0.25, 0.3) is 11.6 Å². The predicted molar refractivity (Wildman–Crippen MR) is 85.9 cm³/mol. The Morgan fingerprint density at radius 1 is 1.48 bits per heavy atom.